The van der Waals surface area contributed by atoms with Crippen LogP contribution in [-0.2, 0) is 26.2 Å². The number of carbonyl (C=O) groups excluding carboxylic acids is 1. The zero-order valence-corrected chi connectivity index (χ0v) is 18.7. The number of hydrogen-bond acceptors (Lipinski definition) is 4. The molecule has 1 aliphatic carbocycles. The van der Waals surface area contributed by atoms with Crippen LogP contribution in [0, 0.1) is 6.92 Å². The van der Waals surface area contributed by atoms with Gasteiger partial charge in [0, 0.05) is 29.0 Å². The third kappa shape index (κ3) is 4.25. The second kappa shape index (κ2) is 8.48. The molecule has 2 aromatic carbocycles. The summed E-state index contributed by atoms with van der Waals surface area (Å²) < 4.78 is 31.1. The Hall–Kier alpha value is -2.64. The number of ether oxygens (including phenoxy) is 1. The van der Waals surface area contributed by atoms with E-state index in [2.05, 4.69) is 4.98 Å². The Morgan fingerprint density at radius 3 is 2.52 bits per heavy atom. The van der Waals surface area contributed by atoms with Crippen LogP contribution in [0.15, 0.2) is 41.3 Å². The zero-order valence-electron chi connectivity index (χ0n) is 17.9. The summed E-state index contributed by atoms with van der Waals surface area (Å²) in [5, 5.41) is 6.70. The topological polar surface area (TPSA) is 102 Å². The first kappa shape index (κ1) is 21.6. The minimum absolute atomic E-state index is 0.0470. The number of benzene rings is 2. The van der Waals surface area contributed by atoms with Crippen LogP contribution in [0.4, 0.5) is 0 Å². The number of fused-ring (bicyclic) bond motifs is 1. The average Bonchev–Trinajstić information content (AvgIpc) is 3.10. The molecule has 0 amide bonds. The molecule has 1 aromatic heterocycles. The van der Waals surface area contributed by atoms with Gasteiger partial charge < -0.3 is 9.72 Å². The molecule has 6 nitrogen and oxygen atoms in total. The van der Waals surface area contributed by atoms with Crippen molar-refractivity contribution >= 4 is 26.9 Å². The molecule has 0 unspecified atom stereocenters. The molecule has 0 atom stereocenters. The molecule has 0 radical (unpaired) electrons. The maximum Gasteiger partial charge on any atom is 0.302 e. The summed E-state index contributed by atoms with van der Waals surface area (Å²) in [5.74, 6) is -0.224. The first-order chi connectivity index (χ1) is 14.8. The zero-order chi connectivity index (χ0) is 22.2. The number of H-pyrrole nitrogens is 1. The molecule has 0 saturated heterocycles. The second-order valence-corrected chi connectivity index (χ2v) is 9.86. The molecule has 4 rings (SSSR count). The summed E-state index contributed by atoms with van der Waals surface area (Å²) in [6, 6.07) is 11.4. The number of aryl methyl sites for hydroxylation is 1. The number of hydrogen-bond donors (Lipinski definition) is 2. The molecule has 0 spiro atoms. The summed E-state index contributed by atoms with van der Waals surface area (Å²) in [6.07, 6.45) is 5.26. The third-order valence-corrected chi connectivity index (χ3v) is 7.22. The lowest BCUT2D eigenvalue weighted by Gasteiger charge is -2.27. The van der Waals surface area contributed by atoms with E-state index in [-0.39, 0.29) is 17.4 Å². The lowest BCUT2D eigenvalue weighted by atomic mass is 9.81. The quantitative estimate of drug-likeness (QED) is 0.551. The largest absolute Gasteiger partial charge is 0.461 e. The Balaban J connectivity index is 1.99. The summed E-state index contributed by atoms with van der Waals surface area (Å²) in [6.45, 7) is 3.36. The summed E-state index contributed by atoms with van der Waals surface area (Å²) >= 11 is 0. The van der Waals surface area contributed by atoms with E-state index in [1.807, 2.05) is 43.3 Å². The predicted octanol–water partition coefficient (Wildman–Crippen LogP) is 4.90. The number of nitrogens with one attached hydrogen (secondary N) is 1. The number of esters is 1. The lowest BCUT2D eigenvalue weighted by Crippen LogP contribution is -2.20. The van der Waals surface area contributed by atoms with Crippen LogP contribution in [-0.4, -0.2) is 19.4 Å². The minimum Gasteiger partial charge on any atom is -0.461 e. The van der Waals surface area contributed by atoms with Crippen molar-refractivity contribution in [3.63, 3.8) is 0 Å². The van der Waals surface area contributed by atoms with E-state index >= 15 is 0 Å². The monoisotopic (exact) mass is 440 g/mol. The van der Waals surface area contributed by atoms with E-state index in [0.29, 0.717) is 11.3 Å². The Morgan fingerprint density at radius 1 is 1.13 bits per heavy atom. The van der Waals surface area contributed by atoms with Gasteiger partial charge in [-0.25, -0.2) is 13.6 Å². The molecule has 1 heterocycles. The molecule has 31 heavy (non-hydrogen) atoms. The summed E-state index contributed by atoms with van der Waals surface area (Å²) in [4.78, 5) is 15.1. The van der Waals surface area contributed by atoms with Gasteiger partial charge in [-0.1, -0.05) is 49.6 Å². The number of rotatable bonds is 5. The fourth-order valence-electron chi connectivity index (χ4n) is 4.85. The molecule has 164 valence electrons. The van der Waals surface area contributed by atoms with Gasteiger partial charge in [0.15, 0.2) is 0 Å². The highest BCUT2D eigenvalue weighted by molar-refractivity contribution is 7.89. The Morgan fingerprint density at radius 2 is 1.84 bits per heavy atom. The Labute approximate surface area is 182 Å². The average molecular weight is 441 g/mol. The fraction of sp³-hybridized carbons (Fsp3) is 0.375. The summed E-state index contributed by atoms with van der Waals surface area (Å²) in [5.41, 5.74) is 4.53. The number of carbonyl (C=O) groups is 1. The third-order valence-electron chi connectivity index (χ3n) is 6.21. The van der Waals surface area contributed by atoms with Crippen molar-refractivity contribution in [1.82, 2.24) is 4.98 Å². The molecule has 0 bridgehead atoms. The number of aromatic amines is 1. The number of primary sulfonamides is 1. The van der Waals surface area contributed by atoms with Crippen molar-refractivity contribution in [3.8, 4) is 11.3 Å². The van der Waals surface area contributed by atoms with Crippen molar-refractivity contribution in [2.24, 2.45) is 5.14 Å². The lowest BCUT2D eigenvalue weighted by molar-refractivity contribution is -0.142. The molecular weight excluding hydrogens is 412 g/mol. The highest BCUT2D eigenvalue weighted by atomic mass is 32.2. The van der Waals surface area contributed by atoms with Crippen LogP contribution >= 0.6 is 0 Å². The van der Waals surface area contributed by atoms with Crippen LogP contribution in [0.2, 0.25) is 0 Å². The highest BCUT2D eigenvalue weighted by Gasteiger charge is 2.29. The SMILES string of the molecule is CC(=O)OCc1c(-c2ccc(C)c(C3CCCCC3)c2S(N)(=O)=O)[nH]c2ccccc12. The molecule has 1 aliphatic rings. The molecule has 1 saturated carbocycles. The Bertz CT molecular complexity index is 1240. The maximum atomic E-state index is 12.9. The molecule has 1 fully saturated rings. The van der Waals surface area contributed by atoms with E-state index in [4.69, 9.17) is 9.88 Å². The van der Waals surface area contributed by atoms with Crippen molar-refractivity contribution in [2.75, 3.05) is 0 Å². The van der Waals surface area contributed by atoms with Gasteiger partial charge in [0.05, 0.1) is 10.6 Å². The molecule has 0 aliphatic heterocycles. The van der Waals surface area contributed by atoms with E-state index < -0.39 is 16.0 Å². The van der Waals surface area contributed by atoms with Gasteiger partial charge in [-0.2, -0.15) is 0 Å². The van der Waals surface area contributed by atoms with Gasteiger partial charge in [-0.05, 0) is 42.9 Å². The van der Waals surface area contributed by atoms with E-state index in [1.54, 1.807) is 0 Å². The summed E-state index contributed by atoms with van der Waals surface area (Å²) in [7, 11) is -4.00. The number of nitrogens with two attached hydrogens (primary N) is 1. The molecule has 3 N–H and O–H groups in total. The smallest absolute Gasteiger partial charge is 0.302 e. The van der Waals surface area contributed by atoms with Crippen LogP contribution in [0.25, 0.3) is 22.2 Å². The van der Waals surface area contributed by atoms with Crippen molar-refractivity contribution in [3.05, 3.63) is 53.1 Å². The van der Waals surface area contributed by atoms with Crippen molar-refractivity contribution in [1.29, 1.82) is 0 Å². The number of para-hydroxylation sites is 1. The first-order valence-electron chi connectivity index (χ1n) is 10.7. The van der Waals surface area contributed by atoms with Gasteiger partial charge in [0.2, 0.25) is 10.0 Å². The van der Waals surface area contributed by atoms with E-state index in [9.17, 15) is 13.2 Å². The normalized spacial score (nSPS) is 15.3. The van der Waals surface area contributed by atoms with E-state index in [1.165, 1.54) is 13.3 Å². The number of aromatic nitrogens is 1. The Kier molecular flexibility index (Phi) is 5.90. The second-order valence-electron chi connectivity index (χ2n) is 8.36. The molecular formula is C24H28N2O4S. The first-order valence-corrected chi connectivity index (χ1v) is 12.2. The van der Waals surface area contributed by atoms with Gasteiger partial charge in [-0.15, -0.1) is 0 Å². The van der Waals surface area contributed by atoms with Crippen molar-refractivity contribution in [2.45, 2.75) is 63.4 Å². The molecule has 3 aromatic rings. The van der Waals surface area contributed by atoms with Gasteiger partial charge >= 0.3 is 5.97 Å². The predicted molar refractivity (Wildman–Crippen MR) is 121 cm³/mol. The van der Waals surface area contributed by atoms with Crippen LogP contribution in [0.5, 0.6) is 0 Å². The van der Waals surface area contributed by atoms with Crippen LogP contribution < -0.4 is 5.14 Å². The van der Waals surface area contributed by atoms with Gasteiger partial charge in [-0.3, -0.25) is 4.79 Å². The number of sulfonamides is 1. The van der Waals surface area contributed by atoms with Crippen LogP contribution in [0.3, 0.4) is 0 Å². The maximum absolute atomic E-state index is 12.9. The van der Waals surface area contributed by atoms with Crippen molar-refractivity contribution < 1.29 is 17.9 Å². The highest BCUT2D eigenvalue weighted by Crippen LogP contribution is 2.43. The molecule has 7 heteroatoms. The van der Waals surface area contributed by atoms with Gasteiger partial charge in [0.1, 0.15) is 6.61 Å². The van der Waals surface area contributed by atoms with E-state index in [0.717, 1.165) is 53.3 Å². The fourth-order valence-corrected chi connectivity index (χ4v) is 5.96. The minimum atomic E-state index is -4.00. The standard InChI is InChI=1S/C24H28N2O4S/c1-15-12-13-19(24(31(25,28)29)22(15)17-8-4-3-5-9-17)23-20(14-30-16(2)27)18-10-6-7-11-21(18)26-23/h6-7,10-13,17,26H,3-5,8-9,14H2,1-2H3,(H2,25,28,29). The van der Waals surface area contributed by atoms with Gasteiger partial charge in [0.25, 0.3) is 0 Å². The van der Waals surface area contributed by atoms with Crippen LogP contribution in [0.1, 0.15) is 61.6 Å².